The highest BCUT2D eigenvalue weighted by Crippen LogP contribution is 2.40. The van der Waals surface area contributed by atoms with Gasteiger partial charge in [-0.15, -0.1) is 0 Å². The lowest BCUT2D eigenvalue weighted by atomic mass is 9.85. The topological polar surface area (TPSA) is 182 Å². The molecule has 0 heterocycles. The molecular weight excluding hydrogens is 327 g/mol. The molecule has 13 nitrogen and oxygen atoms in total. The van der Waals surface area contributed by atoms with Crippen LogP contribution in [0.1, 0.15) is 6.92 Å². The molecule has 0 aromatic rings. The summed E-state index contributed by atoms with van der Waals surface area (Å²) in [5.41, 5.74) is -2.52. The van der Waals surface area contributed by atoms with Crippen LogP contribution in [0.15, 0.2) is 23.7 Å². The lowest BCUT2D eigenvalue weighted by Crippen LogP contribution is -2.60. The molecule has 0 bridgehead atoms. The van der Waals surface area contributed by atoms with Crippen molar-refractivity contribution in [3.05, 3.63) is 64.2 Å². The van der Waals surface area contributed by atoms with E-state index in [-0.39, 0.29) is 6.08 Å². The molecule has 0 aromatic heterocycles. The smallest absolute Gasteiger partial charge is 0.500 e. The summed E-state index contributed by atoms with van der Waals surface area (Å²) in [5.74, 6) is -8.96. The highest BCUT2D eigenvalue weighted by molar-refractivity contribution is 5.30. The van der Waals surface area contributed by atoms with E-state index < -0.39 is 48.5 Å². The van der Waals surface area contributed by atoms with Gasteiger partial charge in [-0.2, -0.15) is 0 Å². The second-order valence-electron chi connectivity index (χ2n) is 4.61. The van der Waals surface area contributed by atoms with Crippen LogP contribution in [-0.4, -0.2) is 38.1 Å². The summed E-state index contributed by atoms with van der Waals surface area (Å²) in [6.45, 7) is 0.764. The fraction of sp³-hybridized carbons (Fsp3) is 0.556. The molecule has 0 radical (unpaired) electrons. The summed E-state index contributed by atoms with van der Waals surface area (Å²) in [6.07, 6.45) is 0.522. The first-order valence-corrected chi connectivity index (χ1v) is 5.68. The Morgan fingerprint density at radius 3 is 1.87 bits per heavy atom. The summed E-state index contributed by atoms with van der Waals surface area (Å²) in [5, 5.41) is 44.0. The van der Waals surface area contributed by atoms with E-state index in [1.807, 2.05) is 0 Å². The van der Waals surface area contributed by atoms with E-state index in [1.165, 1.54) is 0 Å². The summed E-state index contributed by atoms with van der Waals surface area (Å²) >= 11 is 0. The van der Waals surface area contributed by atoms with Crippen molar-refractivity contribution in [1.29, 1.82) is 0 Å². The Hall–Kier alpha value is -3.19. The monoisotopic (exact) mass is 336 g/mol. The molecule has 2 atom stereocenters. The zero-order valence-corrected chi connectivity index (χ0v) is 11.6. The van der Waals surface area contributed by atoms with Crippen LogP contribution in [0.5, 0.6) is 0 Å². The Labute approximate surface area is 125 Å². The van der Waals surface area contributed by atoms with Crippen molar-refractivity contribution in [3.8, 4) is 0 Å². The van der Waals surface area contributed by atoms with Gasteiger partial charge in [0.2, 0.25) is 0 Å². The lowest BCUT2D eigenvalue weighted by molar-refractivity contribution is -0.975. The first kappa shape index (κ1) is 17.9. The Kier molecular flexibility index (Phi) is 4.30. The van der Waals surface area contributed by atoms with Crippen LogP contribution in [0.25, 0.3) is 0 Å². The van der Waals surface area contributed by atoms with Crippen LogP contribution < -0.4 is 0 Å². The number of ether oxygens (including phenoxy) is 1. The molecule has 0 spiro atoms. The van der Waals surface area contributed by atoms with Crippen molar-refractivity contribution in [2.75, 3.05) is 7.11 Å². The minimum Gasteiger partial charge on any atom is -0.500 e. The Morgan fingerprint density at radius 1 is 1.13 bits per heavy atom. The van der Waals surface area contributed by atoms with Crippen molar-refractivity contribution < 1.29 is 28.8 Å². The van der Waals surface area contributed by atoms with Gasteiger partial charge in [-0.05, 0) is 6.08 Å². The number of nitrogens with zero attached hydrogens (tertiary/aromatic N) is 4. The Morgan fingerprint density at radius 2 is 1.57 bits per heavy atom. The Bertz CT molecular complexity index is 623. The predicted octanol–water partition coefficient (Wildman–Crippen LogP) is 0.519. The zero-order chi connectivity index (χ0) is 18.2. The molecule has 0 N–H and O–H groups in total. The number of halogens is 1. The van der Waals surface area contributed by atoms with Gasteiger partial charge in [0, 0.05) is 17.9 Å². The second-order valence-corrected chi connectivity index (χ2v) is 4.61. The van der Waals surface area contributed by atoms with Crippen molar-refractivity contribution in [1.82, 2.24) is 0 Å². The number of rotatable bonds is 6. The average Bonchev–Trinajstić information content (AvgIpc) is 2.41. The van der Waals surface area contributed by atoms with Gasteiger partial charge >= 0.3 is 5.79 Å². The first-order chi connectivity index (χ1) is 10.5. The predicted molar refractivity (Wildman–Crippen MR) is 66.9 cm³/mol. The molecule has 0 amide bonds. The van der Waals surface area contributed by atoms with Gasteiger partial charge in [0.1, 0.15) is 5.76 Å². The first-order valence-electron chi connectivity index (χ1n) is 5.68. The van der Waals surface area contributed by atoms with E-state index in [1.54, 1.807) is 0 Å². The maximum atomic E-state index is 14.0. The van der Waals surface area contributed by atoms with Crippen molar-refractivity contribution in [2.45, 2.75) is 18.2 Å². The minimum absolute atomic E-state index is 0.0933. The lowest BCUT2D eigenvalue weighted by Gasteiger charge is -2.25. The third-order valence-corrected chi connectivity index (χ3v) is 3.36. The summed E-state index contributed by atoms with van der Waals surface area (Å²) in [7, 11) is 0.834. The normalized spacial score (nSPS) is 24.2. The molecule has 0 aromatic carbocycles. The zero-order valence-electron chi connectivity index (χ0n) is 11.6. The number of hydrogen-bond donors (Lipinski definition) is 0. The quantitative estimate of drug-likeness (QED) is 0.379. The second kappa shape index (κ2) is 5.54. The van der Waals surface area contributed by atoms with Gasteiger partial charge in [0.05, 0.1) is 7.11 Å². The molecule has 0 saturated heterocycles. The van der Waals surface area contributed by atoms with Gasteiger partial charge < -0.3 is 4.74 Å². The molecule has 0 unspecified atom stereocenters. The molecule has 0 aliphatic heterocycles. The third-order valence-electron chi connectivity index (χ3n) is 3.36. The van der Waals surface area contributed by atoms with Gasteiger partial charge in [-0.3, -0.25) is 40.5 Å². The number of hydrogen-bond acceptors (Lipinski definition) is 9. The number of nitro groups is 4. The summed E-state index contributed by atoms with van der Waals surface area (Å²) in [4.78, 5) is 37.4. The summed E-state index contributed by atoms with van der Waals surface area (Å²) in [6, 6.07) is 0. The van der Waals surface area contributed by atoms with Crippen molar-refractivity contribution >= 4 is 0 Å². The fourth-order valence-electron chi connectivity index (χ4n) is 2.00. The summed E-state index contributed by atoms with van der Waals surface area (Å²) < 4.78 is 18.6. The maximum absolute atomic E-state index is 14.0. The third kappa shape index (κ3) is 2.33. The Balaban J connectivity index is 3.70. The molecule has 1 rings (SSSR count). The fourth-order valence-corrected chi connectivity index (χ4v) is 2.00. The SMILES string of the molecule is COC1=C[C@](C)([N+](=O)[O-])C(F)=C[C@@H]1C([N+](=O)[O-])([N+](=O)[O-])[N+](=O)[O-]. The van der Waals surface area contributed by atoms with Crippen LogP contribution in [-0.2, 0) is 4.74 Å². The molecule has 0 saturated carbocycles. The van der Waals surface area contributed by atoms with E-state index in [0.29, 0.717) is 6.08 Å². The molecule has 14 heteroatoms. The van der Waals surface area contributed by atoms with Crippen molar-refractivity contribution in [2.24, 2.45) is 5.92 Å². The highest BCUT2D eigenvalue weighted by atomic mass is 19.1. The van der Waals surface area contributed by atoms with Gasteiger partial charge in [-0.1, -0.05) is 0 Å². The average molecular weight is 336 g/mol. The van der Waals surface area contributed by atoms with E-state index in [4.69, 9.17) is 0 Å². The van der Waals surface area contributed by atoms with E-state index in [0.717, 1.165) is 14.0 Å². The molecule has 126 valence electrons. The van der Waals surface area contributed by atoms with Gasteiger partial charge in [0.15, 0.2) is 20.6 Å². The molecule has 0 fully saturated rings. The maximum Gasteiger partial charge on any atom is 0.713 e. The molecule has 23 heavy (non-hydrogen) atoms. The molecule has 1 aliphatic carbocycles. The van der Waals surface area contributed by atoms with Crippen LogP contribution in [0.3, 0.4) is 0 Å². The van der Waals surface area contributed by atoms with Gasteiger partial charge in [-0.25, -0.2) is 4.39 Å². The van der Waals surface area contributed by atoms with Crippen LogP contribution >= 0.6 is 0 Å². The van der Waals surface area contributed by atoms with E-state index >= 15 is 0 Å². The van der Waals surface area contributed by atoms with Gasteiger partial charge in [0.25, 0.3) is 11.5 Å². The van der Waals surface area contributed by atoms with Crippen molar-refractivity contribution in [3.63, 3.8) is 0 Å². The van der Waals surface area contributed by atoms with Crippen LogP contribution in [0.4, 0.5) is 4.39 Å². The standard InChI is InChI=1S/C9H9FN4O9/c1-8(11(15)16)4-6(23-2)5(3-7(8)10)9(12(17)18,13(19)20)14(21)22/h3-5H,1-2H3/t5-,8-/m0/s1. The van der Waals surface area contributed by atoms with E-state index in [9.17, 15) is 44.8 Å². The van der Waals surface area contributed by atoms with E-state index in [2.05, 4.69) is 4.74 Å². The van der Waals surface area contributed by atoms with Crippen LogP contribution in [0.2, 0.25) is 0 Å². The molecule has 1 aliphatic rings. The largest absolute Gasteiger partial charge is 0.713 e. The molecular formula is C9H9FN4O9. The van der Waals surface area contributed by atoms with Crippen LogP contribution in [0, 0.1) is 46.4 Å². The minimum atomic E-state index is -4.09. The number of methoxy groups -OCH3 is 1. The highest BCUT2D eigenvalue weighted by Gasteiger charge is 2.78.